The minimum absolute atomic E-state index is 0.0657. The van der Waals surface area contributed by atoms with Crippen molar-refractivity contribution in [2.45, 2.75) is 32.7 Å². The van der Waals surface area contributed by atoms with E-state index >= 15 is 0 Å². The van der Waals surface area contributed by atoms with Crippen LogP contribution in [0, 0.1) is 28.4 Å². The number of aromatic nitrogens is 1. The largest absolute Gasteiger partial charge is 0.333 e. The molecule has 0 unspecified atom stereocenters. The highest BCUT2D eigenvalue weighted by molar-refractivity contribution is 6.04. The summed E-state index contributed by atoms with van der Waals surface area (Å²) < 4.78 is 27.7. The number of likely N-dealkylation sites (N-methyl/N-ethyl adjacent to an activating group) is 1. The molecule has 126 valence electrons. The number of nitrogens with zero attached hydrogens (tertiary/aromatic N) is 3. The molecule has 1 aliphatic rings. The van der Waals surface area contributed by atoms with Crippen molar-refractivity contribution in [2.75, 3.05) is 7.05 Å². The molecule has 0 aromatic carbocycles. The van der Waals surface area contributed by atoms with Gasteiger partial charge in [0.15, 0.2) is 17.4 Å². The van der Waals surface area contributed by atoms with Gasteiger partial charge in [0.1, 0.15) is 11.6 Å². The van der Waals surface area contributed by atoms with Crippen molar-refractivity contribution in [2.24, 2.45) is 5.41 Å². The lowest BCUT2D eigenvalue weighted by molar-refractivity contribution is -0.125. The van der Waals surface area contributed by atoms with Gasteiger partial charge in [-0.05, 0) is 19.4 Å². The van der Waals surface area contributed by atoms with Crippen LogP contribution in [0.15, 0.2) is 24.0 Å². The Morgan fingerprint density at radius 2 is 1.83 bits per heavy atom. The number of Topliss-reactive ketones (excluding diaryl/α,β-unsaturated/α-hetero) is 1. The maximum atomic E-state index is 13.8. The van der Waals surface area contributed by atoms with Crippen LogP contribution in [0.4, 0.5) is 8.78 Å². The van der Waals surface area contributed by atoms with E-state index < -0.39 is 34.1 Å². The van der Waals surface area contributed by atoms with Gasteiger partial charge < -0.3 is 4.90 Å². The summed E-state index contributed by atoms with van der Waals surface area (Å²) in [5.74, 6) is -3.32. The highest BCUT2D eigenvalue weighted by Crippen LogP contribution is 2.40. The Bertz CT molecular complexity index is 775. The third kappa shape index (κ3) is 2.80. The first-order valence-electron chi connectivity index (χ1n) is 7.28. The molecule has 0 saturated carbocycles. The van der Waals surface area contributed by atoms with Crippen molar-refractivity contribution in [1.82, 2.24) is 9.88 Å². The molecule has 0 saturated heterocycles. The van der Waals surface area contributed by atoms with Crippen molar-refractivity contribution in [1.29, 1.82) is 5.26 Å². The third-order valence-corrected chi connectivity index (χ3v) is 4.37. The molecule has 7 heteroatoms. The van der Waals surface area contributed by atoms with Gasteiger partial charge in [-0.3, -0.25) is 14.6 Å². The van der Waals surface area contributed by atoms with Gasteiger partial charge >= 0.3 is 0 Å². The monoisotopic (exact) mass is 333 g/mol. The van der Waals surface area contributed by atoms with Gasteiger partial charge in [-0.15, -0.1) is 0 Å². The van der Waals surface area contributed by atoms with Crippen LogP contribution in [-0.4, -0.2) is 34.2 Å². The SMILES string of the molecule is CN(C(=O)c1c(F)cncc1F)[C@]1(C)C=C(C#N)C(=O)C(C)(C)C1. The van der Waals surface area contributed by atoms with Crippen molar-refractivity contribution in [3.05, 3.63) is 41.2 Å². The predicted octanol–water partition coefficient (Wildman–Crippen LogP) is 2.64. The minimum atomic E-state index is -1.06. The van der Waals surface area contributed by atoms with Crippen LogP contribution in [0.25, 0.3) is 0 Å². The molecule has 1 atom stereocenters. The number of hydrogen-bond donors (Lipinski definition) is 0. The molecule has 0 fully saturated rings. The number of nitriles is 1. The molecule has 5 nitrogen and oxygen atoms in total. The number of carbonyl (C=O) groups is 2. The lowest BCUT2D eigenvalue weighted by atomic mass is 9.68. The van der Waals surface area contributed by atoms with Crippen LogP contribution in [0.2, 0.25) is 0 Å². The van der Waals surface area contributed by atoms with E-state index in [1.54, 1.807) is 20.8 Å². The van der Waals surface area contributed by atoms with Gasteiger partial charge in [0.25, 0.3) is 5.91 Å². The predicted molar refractivity (Wildman–Crippen MR) is 81.8 cm³/mol. The van der Waals surface area contributed by atoms with E-state index in [-0.39, 0.29) is 17.8 Å². The molecule has 1 heterocycles. The van der Waals surface area contributed by atoms with Crippen molar-refractivity contribution >= 4 is 11.7 Å². The summed E-state index contributed by atoms with van der Waals surface area (Å²) in [6, 6.07) is 1.84. The number of rotatable bonds is 2. The van der Waals surface area contributed by atoms with Gasteiger partial charge in [0.2, 0.25) is 0 Å². The maximum absolute atomic E-state index is 13.8. The number of carbonyl (C=O) groups excluding carboxylic acids is 2. The van der Waals surface area contributed by atoms with E-state index in [9.17, 15) is 23.6 Å². The van der Waals surface area contributed by atoms with E-state index in [2.05, 4.69) is 4.98 Å². The average Bonchev–Trinajstić information content (AvgIpc) is 2.49. The highest BCUT2D eigenvalue weighted by Gasteiger charge is 2.46. The smallest absolute Gasteiger partial charge is 0.260 e. The van der Waals surface area contributed by atoms with Gasteiger partial charge in [0, 0.05) is 12.5 Å². The molecule has 0 radical (unpaired) electrons. The maximum Gasteiger partial charge on any atom is 0.260 e. The van der Waals surface area contributed by atoms with Crippen LogP contribution in [0.3, 0.4) is 0 Å². The van der Waals surface area contributed by atoms with Crippen molar-refractivity contribution in [3.8, 4) is 6.07 Å². The summed E-state index contributed by atoms with van der Waals surface area (Å²) in [6.45, 7) is 4.99. The molecule has 2 rings (SSSR count). The first-order chi connectivity index (χ1) is 11.0. The standard InChI is InChI=1S/C17H17F2N3O2/c1-16(2)9-17(3,5-10(6-20)14(16)23)22(4)15(24)13-11(18)7-21-8-12(13)19/h5,7-8H,9H2,1-4H3/t17-/m1/s1. The van der Waals surface area contributed by atoms with Crippen LogP contribution in [0.5, 0.6) is 0 Å². The fourth-order valence-corrected chi connectivity index (χ4v) is 3.08. The Balaban J connectivity index is 2.50. The fourth-order valence-electron chi connectivity index (χ4n) is 3.08. The molecular formula is C17H17F2N3O2. The zero-order chi connectivity index (χ0) is 18.3. The molecule has 1 aromatic heterocycles. The molecule has 0 bridgehead atoms. The molecule has 0 N–H and O–H groups in total. The second-order valence-corrected chi connectivity index (χ2v) is 6.76. The minimum Gasteiger partial charge on any atom is -0.333 e. The number of hydrogen-bond acceptors (Lipinski definition) is 4. The number of ketones is 1. The Morgan fingerprint density at radius 3 is 2.33 bits per heavy atom. The van der Waals surface area contributed by atoms with Gasteiger partial charge in [-0.1, -0.05) is 13.8 Å². The van der Waals surface area contributed by atoms with Gasteiger partial charge in [-0.2, -0.15) is 5.26 Å². The molecule has 1 amide bonds. The van der Waals surface area contributed by atoms with Crippen molar-refractivity contribution < 1.29 is 18.4 Å². The zero-order valence-corrected chi connectivity index (χ0v) is 13.9. The summed E-state index contributed by atoms with van der Waals surface area (Å²) in [6.07, 6.45) is 3.13. The van der Waals surface area contributed by atoms with E-state index in [4.69, 9.17) is 0 Å². The average molecular weight is 333 g/mol. The number of pyridine rings is 1. The fraction of sp³-hybridized carbons (Fsp3) is 0.412. The summed E-state index contributed by atoms with van der Waals surface area (Å²) in [5, 5.41) is 9.18. The Morgan fingerprint density at radius 1 is 1.29 bits per heavy atom. The molecule has 0 spiro atoms. The van der Waals surface area contributed by atoms with Crippen LogP contribution in [0.1, 0.15) is 37.6 Å². The number of allylic oxidation sites excluding steroid dienone is 1. The Kier molecular flexibility index (Phi) is 4.27. The summed E-state index contributed by atoms with van der Waals surface area (Å²) >= 11 is 0. The number of amides is 1. The first-order valence-corrected chi connectivity index (χ1v) is 7.28. The lowest BCUT2D eigenvalue weighted by Gasteiger charge is -2.44. The molecule has 1 aliphatic carbocycles. The second-order valence-electron chi connectivity index (χ2n) is 6.76. The Hall–Kier alpha value is -2.62. The summed E-state index contributed by atoms with van der Waals surface area (Å²) in [7, 11) is 1.39. The summed E-state index contributed by atoms with van der Waals surface area (Å²) in [5.41, 5.74) is -2.69. The molecular weight excluding hydrogens is 316 g/mol. The topological polar surface area (TPSA) is 74.1 Å². The van der Waals surface area contributed by atoms with E-state index in [0.29, 0.717) is 0 Å². The van der Waals surface area contributed by atoms with E-state index in [1.165, 1.54) is 13.1 Å². The van der Waals surface area contributed by atoms with Crippen LogP contribution >= 0.6 is 0 Å². The Labute approximate surface area is 138 Å². The lowest BCUT2D eigenvalue weighted by Crippen LogP contribution is -2.53. The zero-order valence-electron chi connectivity index (χ0n) is 13.9. The third-order valence-electron chi connectivity index (χ3n) is 4.37. The number of halogens is 2. The molecule has 24 heavy (non-hydrogen) atoms. The molecule has 1 aromatic rings. The van der Waals surface area contributed by atoms with Crippen LogP contribution < -0.4 is 0 Å². The second kappa shape index (κ2) is 5.78. The van der Waals surface area contributed by atoms with Gasteiger partial charge in [0.05, 0.1) is 23.5 Å². The van der Waals surface area contributed by atoms with Crippen molar-refractivity contribution in [3.63, 3.8) is 0 Å². The van der Waals surface area contributed by atoms with E-state index in [1.807, 2.05) is 6.07 Å². The van der Waals surface area contributed by atoms with Gasteiger partial charge in [-0.25, -0.2) is 8.78 Å². The normalized spacial score (nSPS) is 22.5. The molecule has 0 aliphatic heterocycles. The highest BCUT2D eigenvalue weighted by atomic mass is 19.1. The summed E-state index contributed by atoms with van der Waals surface area (Å²) in [4.78, 5) is 29.3. The first kappa shape index (κ1) is 17.7. The quantitative estimate of drug-likeness (QED) is 0.834. The van der Waals surface area contributed by atoms with E-state index in [0.717, 1.165) is 17.3 Å². The van der Waals surface area contributed by atoms with Crippen LogP contribution in [-0.2, 0) is 4.79 Å².